The van der Waals surface area contributed by atoms with Gasteiger partial charge in [-0.1, -0.05) is 56.0 Å². The molecule has 1 fully saturated rings. The lowest BCUT2D eigenvalue weighted by molar-refractivity contribution is -0.129. The zero-order chi connectivity index (χ0) is 12.8. The number of hydrogen-bond donors (Lipinski definition) is 0. The molecule has 0 N–H and O–H groups in total. The van der Waals surface area contributed by atoms with Gasteiger partial charge in [-0.05, 0) is 17.9 Å². The predicted molar refractivity (Wildman–Crippen MR) is 72.4 cm³/mol. The molecular weight excluding hydrogens is 224 g/mol. The highest BCUT2D eigenvalue weighted by Crippen LogP contribution is 2.30. The van der Waals surface area contributed by atoms with Crippen molar-refractivity contribution in [2.24, 2.45) is 5.92 Å². The van der Waals surface area contributed by atoms with Crippen molar-refractivity contribution in [1.29, 1.82) is 0 Å². The molecule has 2 heteroatoms. The van der Waals surface area contributed by atoms with E-state index in [1.807, 2.05) is 30.3 Å². The molecule has 2 nitrogen and oxygen atoms in total. The molecular formula is C16H22O2. The fraction of sp³-hybridized carbons (Fsp3) is 0.562. The summed E-state index contributed by atoms with van der Waals surface area (Å²) in [5, 5.41) is 0. The zero-order valence-corrected chi connectivity index (χ0v) is 11.1. The minimum atomic E-state index is -0.382. The van der Waals surface area contributed by atoms with Gasteiger partial charge in [0.1, 0.15) is 6.10 Å². The molecule has 1 aromatic carbocycles. The first-order valence-electron chi connectivity index (χ1n) is 6.91. The maximum Gasteiger partial charge on any atom is 0.166 e. The van der Waals surface area contributed by atoms with Crippen LogP contribution in [0.4, 0.5) is 0 Å². The van der Waals surface area contributed by atoms with Crippen molar-refractivity contribution in [3.8, 4) is 0 Å². The molecule has 0 spiro atoms. The second-order valence-corrected chi connectivity index (χ2v) is 5.18. The minimum absolute atomic E-state index is 0.218. The van der Waals surface area contributed by atoms with E-state index in [1.54, 1.807) is 7.11 Å². The normalized spacial score (nSPS) is 17.8. The highest BCUT2D eigenvalue weighted by Gasteiger charge is 2.22. The van der Waals surface area contributed by atoms with Crippen molar-refractivity contribution in [2.45, 2.75) is 44.6 Å². The second kappa shape index (κ2) is 6.69. The van der Waals surface area contributed by atoms with E-state index < -0.39 is 0 Å². The Morgan fingerprint density at radius 3 is 2.56 bits per heavy atom. The van der Waals surface area contributed by atoms with Crippen LogP contribution < -0.4 is 0 Å². The Morgan fingerprint density at radius 2 is 1.94 bits per heavy atom. The molecule has 1 saturated carbocycles. The minimum Gasteiger partial charge on any atom is -0.369 e. The van der Waals surface area contributed by atoms with Gasteiger partial charge in [0.2, 0.25) is 0 Å². The number of benzene rings is 1. The van der Waals surface area contributed by atoms with Gasteiger partial charge >= 0.3 is 0 Å². The Morgan fingerprint density at radius 1 is 1.28 bits per heavy atom. The van der Waals surface area contributed by atoms with Gasteiger partial charge in [-0.2, -0.15) is 0 Å². The lowest BCUT2D eigenvalue weighted by atomic mass is 9.96. The average Bonchev–Trinajstić information content (AvgIpc) is 2.92. The van der Waals surface area contributed by atoms with E-state index in [9.17, 15) is 4.79 Å². The van der Waals surface area contributed by atoms with Gasteiger partial charge in [0.25, 0.3) is 0 Å². The average molecular weight is 246 g/mol. The summed E-state index contributed by atoms with van der Waals surface area (Å²) in [6.07, 6.45) is 6.58. The van der Waals surface area contributed by atoms with Gasteiger partial charge in [-0.3, -0.25) is 4.79 Å². The van der Waals surface area contributed by atoms with Crippen LogP contribution in [0.25, 0.3) is 0 Å². The second-order valence-electron chi connectivity index (χ2n) is 5.18. The standard InChI is InChI=1S/C16H22O2/c1-18-16(14-9-3-2-4-10-14)15(17)12-11-13-7-5-6-8-13/h2-4,9-10,13,16H,5-8,11-12H2,1H3. The zero-order valence-electron chi connectivity index (χ0n) is 11.1. The third-order valence-electron chi connectivity index (χ3n) is 3.90. The molecule has 1 atom stereocenters. The van der Waals surface area contributed by atoms with Gasteiger partial charge in [-0.25, -0.2) is 0 Å². The van der Waals surface area contributed by atoms with E-state index in [2.05, 4.69) is 0 Å². The molecule has 0 radical (unpaired) electrons. The van der Waals surface area contributed by atoms with E-state index in [0.717, 1.165) is 17.9 Å². The molecule has 98 valence electrons. The maximum atomic E-state index is 12.2. The molecule has 0 aliphatic heterocycles. The summed E-state index contributed by atoms with van der Waals surface area (Å²) < 4.78 is 5.36. The molecule has 1 aromatic rings. The van der Waals surface area contributed by atoms with E-state index >= 15 is 0 Å². The third kappa shape index (κ3) is 3.42. The Bertz CT molecular complexity index is 366. The van der Waals surface area contributed by atoms with Gasteiger partial charge < -0.3 is 4.74 Å². The van der Waals surface area contributed by atoms with Gasteiger partial charge in [0, 0.05) is 13.5 Å². The van der Waals surface area contributed by atoms with Crippen molar-refractivity contribution in [2.75, 3.05) is 7.11 Å². The van der Waals surface area contributed by atoms with Gasteiger partial charge in [0.05, 0.1) is 0 Å². The van der Waals surface area contributed by atoms with Crippen molar-refractivity contribution in [3.05, 3.63) is 35.9 Å². The topological polar surface area (TPSA) is 26.3 Å². The molecule has 0 amide bonds. The number of rotatable bonds is 6. The van der Waals surface area contributed by atoms with Crippen molar-refractivity contribution < 1.29 is 9.53 Å². The van der Waals surface area contributed by atoms with Crippen LogP contribution in [0.5, 0.6) is 0 Å². The monoisotopic (exact) mass is 246 g/mol. The molecule has 0 heterocycles. The number of methoxy groups -OCH3 is 1. The number of carbonyl (C=O) groups excluding carboxylic acids is 1. The summed E-state index contributed by atoms with van der Waals surface area (Å²) in [5.41, 5.74) is 0.969. The SMILES string of the molecule is COC(C(=O)CCC1CCCC1)c1ccccc1. The largest absolute Gasteiger partial charge is 0.369 e. The first-order chi connectivity index (χ1) is 8.81. The number of ether oxygens (including phenoxy) is 1. The molecule has 1 unspecified atom stereocenters. The number of hydrogen-bond acceptors (Lipinski definition) is 2. The molecule has 1 aliphatic rings. The smallest absolute Gasteiger partial charge is 0.166 e. The van der Waals surface area contributed by atoms with Crippen LogP contribution in [0.15, 0.2) is 30.3 Å². The Labute approximate surface area is 109 Å². The highest BCUT2D eigenvalue weighted by molar-refractivity contribution is 5.84. The van der Waals surface area contributed by atoms with Crippen molar-refractivity contribution in [3.63, 3.8) is 0 Å². The fourth-order valence-corrected chi connectivity index (χ4v) is 2.86. The van der Waals surface area contributed by atoms with E-state index in [1.165, 1.54) is 25.7 Å². The van der Waals surface area contributed by atoms with Crippen LogP contribution in [-0.4, -0.2) is 12.9 Å². The van der Waals surface area contributed by atoms with Crippen LogP contribution in [0.2, 0.25) is 0 Å². The molecule has 2 rings (SSSR count). The summed E-state index contributed by atoms with van der Waals surface area (Å²) in [6.45, 7) is 0. The van der Waals surface area contributed by atoms with Crippen LogP contribution >= 0.6 is 0 Å². The molecule has 0 bridgehead atoms. The number of Topliss-reactive ketones (excluding diaryl/α,β-unsaturated/α-hetero) is 1. The van der Waals surface area contributed by atoms with Crippen LogP contribution in [0, 0.1) is 5.92 Å². The van der Waals surface area contributed by atoms with Crippen molar-refractivity contribution in [1.82, 2.24) is 0 Å². The first kappa shape index (κ1) is 13.3. The Balaban J connectivity index is 1.89. The summed E-state index contributed by atoms with van der Waals surface area (Å²) in [5.74, 6) is 0.984. The first-order valence-corrected chi connectivity index (χ1v) is 6.91. The quantitative estimate of drug-likeness (QED) is 0.760. The van der Waals surface area contributed by atoms with Gasteiger partial charge in [0.15, 0.2) is 5.78 Å². The Kier molecular flexibility index (Phi) is 4.94. The van der Waals surface area contributed by atoms with E-state index in [-0.39, 0.29) is 11.9 Å². The lowest BCUT2D eigenvalue weighted by Gasteiger charge is -2.15. The van der Waals surface area contributed by atoms with E-state index in [0.29, 0.717) is 6.42 Å². The molecule has 0 saturated heterocycles. The Hall–Kier alpha value is -1.15. The van der Waals surface area contributed by atoms with Crippen LogP contribution in [0.3, 0.4) is 0 Å². The lowest BCUT2D eigenvalue weighted by Crippen LogP contribution is -2.15. The third-order valence-corrected chi connectivity index (χ3v) is 3.90. The van der Waals surface area contributed by atoms with Gasteiger partial charge in [-0.15, -0.1) is 0 Å². The summed E-state index contributed by atoms with van der Waals surface area (Å²) in [4.78, 5) is 12.2. The van der Waals surface area contributed by atoms with Crippen LogP contribution in [-0.2, 0) is 9.53 Å². The predicted octanol–water partition coefficient (Wildman–Crippen LogP) is 3.91. The molecule has 18 heavy (non-hydrogen) atoms. The maximum absolute atomic E-state index is 12.2. The number of ketones is 1. The molecule has 1 aliphatic carbocycles. The summed E-state index contributed by atoms with van der Waals surface area (Å²) in [7, 11) is 1.62. The van der Waals surface area contributed by atoms with Crippen LogP contribution in [0.1, 0.15) is 50.2 Å². The summed E-state index contributed by atoms with van der Waals surface area (Å²) >= 11 is 0. The van der Waals surface area contributed by atoms with E-state index in [4.69, 9.17) is 4.74 Å². The fourth-order valence-electron chi connectivity index (χ4n) is 2.86. The van der Waals surface area contributed by atoms with Crippen molar-refractivity contribution >= 4 is 5.78 Å². The summed E-state index contributed by atoms with van der Waals surface area (Å²) in [6, 6.07) is 9.78. The highest BCUT2D eigenvalue weighted by atomic mass is 16.5. The molecule has 0 aromatic heterocycles. The number of carbonyl (C=O) groups is 1.